The van der Waals surface area contributed by atoms with Gasteiger partial charge in [-0.05, 0) is 25.8 Å². The molecule has 1 saturated carbocycles. The Morgan fingerprint density at radius 1 is 1.28 bits per heavy atom. The average Bonchev–Trinajstić information content (AvgIpc) is 3.41. The van der Waals surface area contributed by atoms with Gasteiger partial charge in [-0.3, -0.25) is 4.79 Å². The molecule has 1 aliphatic rings. The van der Waals surface area contributed by atoms with Crippen LogP contribution < -0.4 is 15.0 Å². The van der Waals surface area contributed by atoms with Gasteiger partial charge in [0.15, 0.2) is 0 Å². The maximum absolute atomic E-state index is 12.8. The normalized spacial score (nSPS) is 14.7. The second-order valence-electron chi connectivity index (χ2n) is 6.64. The van der Waals surface area contributed by atoms with E-state index in [1.54, 1.807) is 7.11 Å². The molecule has 6 nitrogen and oxygen atoms in total. The monoisotopic (exact) mass is 340 g/mol. The molecule has 0 bridgehead atoms. The van der Waals surface area contributed by atoms with Crippen molar-refractivity contribution in [3.63, 3.8) is 0 Å². The van der Waals surface area contributed by atoms with Crippen LogP contribution in [0.2, 0.25) is 0 Å². The molecular formula is C19H24N4O2. The highest BCUT2D eigenvalue weighted by Crippen LogP contribution is 2.51. The molecule has 0 radical (unpaired) electrons. The highest BCUT2D eigenvalue weighted by molar-refractivity contribution is 5.92. The van der Waals surface area contributed by atoms with E-state index in [-0.39, 0.29) is 5.91 Å². The summed E-state index contributed by atoms with van der Waals surface area (Å²) in [7, 11) is 5.51. The number of rotatable bonds is 6. The first kappa shape index (κ1) is 17.2. The smallest absolute Gasteiger partial charge is 0.231 e. The zero-order valence-electron chi connectivity index (χ0n) is 15.2. The number of benzene rings is 1. The molecule has 1 aromatic heterocycles. The molecule has 1 fully saturated rings. The molecule has 6 heteroatoms. The van der Waals surface area contributed by atoms with Gasteiger partial charge in [-0.2, -0.15) is 0 Å². The number of hydrogen-bond donors (Lipinski definition) is 1. The molecule has 1 aromatic carbocycles. The van der Waals surface area contributed by atoms with Crippen LogP contribution in [0, 0.1) is 6.92 Å². The summed E-state index contributed by atoms with van der Waals surface area (Å²) >= 11 is 0. The van der Waals surface area contributed by atoms with Crippen molar-refractivity contribution in [3.05, 3.63) is 47.4 Å². The van der Waals surface area contributed by atoms with Crippen LogP contribution in [0.3, 0.4) is 0 Å². The maximum atomic E-state index is 12.8. The number of carbonyl (C=O) groups excluding carboxylic acids is 1. The molecule has 2 aromatic rings. The summed E-state index contributed by atoms with van der Waals surface area (Å²) in [5.41, 5.74) is 1.35. The molecular weight excluding hydrogens is 316 g/mol. The molecule has 0 spiro atoms. The van der Waals surface area contributed by atoms with E-state index < -0.39 is 5.41 Å². The Hall–Kier alpha value is -2.63. The van der Waals surface area contributed by atoms with Crippen molar-refractivity contribution < 1.29 is 9.53 Å². The van der Waals surface area contributed by atoms with E-state index >= 15 is 0 Å². The van der Waals surface area contributed by atoms with E-state index in [1.165, 1.54) is 0 Å². The minimum absolute atomic E-state index is 0.00788. The van der Waals surface area contributed by atoms with Crippen LogP contribution in [-0.2, 0) is 16.8 Å². The van der Waals surface area contributed by atoms with Gasteiger partial charge < -0.3 is 15.0 Å². The Labute approximate surface area is 148 Å². The largest absolute Gasteiger partial charge is 0.496 e. The second-order valence-corrected chi connectivity index (χ2v) is 6.64. The summed E-state index contributed by atoms with van der Waals surface area (Å²) in [6.45, 7) is 2.25. The van der Waals surface area contributed by atoms with Crippen molar-refractivity contribution in [2.75, 3.05) is 26.1 Å². The van der Waals surface area contributed by atoms with Gasteiger partial charge in [0, 0.05) is 31.4 Å². The molecule has 25 heavy (non-hydrogen) atoms. The quantitative estimate of drug-likeness (QED) is 0.873. The molecule has 0 atom stereocenters. The van der Waals surface area contributed by atoms with Crippen LogP contribution in [0.15, 0.2) is 30.3 Å². The van der Waals surface area contributed by atoms with E-state index in [2.05, 4.69) is 15.3 Å². The first-order valence-corrected chi connectivity index (χ1v) is 8.40. The van der Waals surface area contributed by atoms with Crippen molar-refractivity contribution in [2.24, 2.45) is 0 Å². The minimum Gasteiger partial charge on any atom is -0.496 e. The van der Waals surface area contributed by atoms with Gasteiger partial charge in [0.25, 0.3) is 0 Å². The van der Waals surface area contributed by atoms with E-state index in [4.69, 9.17) is 4.74 Å². The number of methoxy groups -OCH3 is 1. The van der Waals surface area contributed by atoms with E-state index in [9.17, 15) is 4.79 Å². The van der Waals surface area contributed by atoms with Crippen LogP contribution >= 0.6 is 0 Å². The molecule has 1 aliphatic carbocycles. The molecule has 3 rings (SSSR count). The molecule has 0 aliphatic heterocycles. The standard InChI is InChI=1S/C19H24N4O2/c1-13-11-17(23(2)3)22-16(21-13)12-20-18(24)19(9-10-19)14-7-5-6-8-15(14)25-4/h5-8,11H,9-10,12H2,1-4H3,(H,20,24). The first-order valence-electron chi connectivity index (χ1n) is 8.40. The number of ether oxygens (including phenoxy) is 1. The lowest BCUT2D eigenvalue weighted by Crippen LogP contribution is -2.35. The van der Waals surface area contributed by atoms with Crippen LogP contribution in [0.1, 0.15) is 29.9 Å². The summed E-state index contributed by atoms with van der Waals surface area (Å²) in [4.78, 5) is 23.7. The van der Waals surface area contributed by atoms with Gasteiger partial charge in [0.05, 0.1) is 19.1 Å². The van der Waals surface area contributed by atoms with Gasteiger partial charge >= 0.3 is 0 Å². The van der Waals surface area contributed by atoms with Crippen LogP contribution in [0.5, 0.6) is 5.75 Å². The second kappa shape index (κ2) is 6.70. The third-order valence-corrected chi connectivity index (χ3v) is 4.56. The summed E-state index contributed by atoms with van der Waals surface area (Å²) in [5.74, 6) is 2.22. The molecule has 0 saturated heterocycles. The highest BCUT2D eigenvalue weighted by Gasteiger charge is 2.52. The van der Waals surface area contributed by atoms with E-state index in [0.717, 1.165) is 35.7 Å². The summed E-state index contributed by atoms with van der Waals surface area (Å²) < 4.78 is 5.43. The zero-order valence-corrected chi connectivity index (χ0v) is 15.2. The van der Waals surface area contributed by atoms with E-state index in [1.807, 2.05) is 56.3 Å². The van der Waals surface area contributed by atoms with Crippen LogP contribution in [0.25, 0.3) is 0 Å². The fourth-order valence-electron chi connectivity index (χ4n) is 3.03. The number of carbonyl (C=O) groups is 1. The summed E-state index contributed by atoms with van der Waals surface area (Å²) in [6, 6.07) is 9.65. The number of aromatic nitrogens is 2. The Bertz CT molecular complexity index is 785. The van der Waals surface area contributed by atoms with Gasteiger partial charge in [-0.1, -0.05) is 18.2 Å². The lowest BCUT2D eigenvalue weighted by atomic mass is 9.94. The van der Waals surface area contributed by atoms with Gasteiger partial charge in [0.1, 0.15) is 17.4 Å². The topological polar surface area (TPSA) is 67.3 Å². The average molecular weight is 340 g/mol. The SMILES string of the molecule is COc1ccccc1C1(C(=O)NCc2nc(C)cc(N(C)C)n2)CC1. The summed E-state index contributed by atoms with van der Waals surface area (Å²) in [6.07, 6.45) is 1.66. The maximum Gasteiger partial charge on any atom is 0.231 e. The Balaban J connectivity index is 1.75. The lowest BCUT2D eigenvalue weighted by Gasteiger charge is -2.19. The lowest BCUT2D eigenvalue weighted by molar-refractivity contribution is -0.123. The predicted octanol–water partition coefficient (Wildman–Crippen LogP) is 2.21. The molecule has 132 valence electrons. The van der Waals surface area contributed by atoms with Crippen LogP contribution in [-0.4, -0.2) is 37.1 Å². The van der Waals surface area contributed by atoms with Crippen molar-refractivity contribution >= 4 is 11.7 Å². The fourth-order valence-corrected chi connectivity index (χ4v) is 3.03. The fraction of sp³-hybridized carbons (Fsp3) is 0.421. The van der Waals surface area contributed by atoms with Gasteiger partial charge in [-0.15, -0.1) is 0 Å². The Morgan fingerprint density at radius 3 is 2.64 bits per heavy atom. The zero-order chi connectivity index (χ0) is 18.0. The number of aryl methyl sites for hydroxylation is 1. The third kappa shape index (κ3) is 3.43. The minimum atomic E-state index is -0.485. The number of anilines is 1. The highest BCUT2D eigenvalue weighted by atomic mass is 16.5. The number of para-hydroxylation sites is 1. The van der Waals surface area contributed by atoms with Crippen molar-refractivity contribution in [1.29, 1.82) is 0 Å². The van der Waals surface area contributed by atoms with Crippen molar-refractivity contribution in [3.8, 4) is 5.75 Å². The van der Waals surface area contributed by atoms with Crippen LogP contribution in [0.4, 0.5) is 5.82 Å². The third-order valence-electron chi connectivity index (χ3n) is 4.56. The Morgan fingerprint density at radius 2 is 2.00 bits per heavy atom. The van der Waals surface area contributed by atoms with Gasteiger partial charge in [0.2, 0.25) is 5.91 Å². The predicted molar refractivity (Wildman–Crippen MR) is 96.8 cm³/mol. The number of nitrogens with zero attached hydrogens (tertiary/aromatic N) is 3. The molecule has 1 heterocycles. The first-order chi connectivity index (χ1) is 12.0. The summed E-state index contributed by atoms with van der Waals surface area (Å²) in [5, 5.41) is 3.01. The van der Waals surface area contributed by atoms with Crippen molar-refractivity contribution in [2.45, 2.75) is 31.7 Å². The molecule has 1 N–H and O–H groups in total. The van der Waals surface area contributed by atoms with E-state index in [0.29, 0.717) is 12.4 Å². The number of nitrogens with one attached hydrogen (secondary N) is 1. The van der Waals surface area contributed by atoms with Crippen molar-refractivity contribution in [1.82, 2.24) is 15.3 Å². The van der Waals surface area contributed by atoms with Gasteiger partial charge in [-0.25, -0.2) is 9.97 Å². The number of amides is 1. The molecule has 1 amide bonds. The Kier molecular flexibility index (Phi) is 4.61. The number of hydrogen-bond acceptors (Lipinski definition) is 5. The molecule has 0 unspecified atom stereocenters.